The molecule has 2 aromatic rings. The van der Waals surface area contributed by atoms with Gasteiger partial charge in [-0.25, -0.2) is 0 Å². The van der Waals surface area contributed by atoms with Crippen LogP contribution in [0.4, 0.5) is 0 Å². The zero-order valence-corrected chi connectivity index (χ0v) is 13.9. The minimum Gasteiger partial charge on any atom is -0.390 e. The van der Waals surface area contributed by atoms with Gasteiger partial charge in [-0.1, -0.05) is 35.9 Å². The lowest BCUT2D eigenvalue weighted by molar-refractivity contribution is 0.0857. The van der Waals surface area contributed by atoms with Crippen LogP contribution in [0.5, 0.6) is 0 Å². The van der Waals surface area contributed by atoms with E-state index in [9.17, 15) is 9.90 Å². The summed E-state index contributed by atoms with van der Waals surface area (Å²) in [5.74, 6) is -0.220. The third-order valence-corrected chi connectivity index (χ3v) is 4.84. The van der Waals surface area contributed by atoms with Gasteiger partial charge in [0, 0.05) is 15.0 Å². The number of benzene rings is 2. The van der Waals surface area contributed by atoms with E-state index in [1.54, 1.807) is 18.2 Å². The largest absolute Gasteiger partial charge is 0.390 e. The van der Waals surface area contributed by atoms with Gasteiger partial charge < -0.3 is 10.4 Å². The molecule has 3 nitrogen and oxygen atoms in total. The first-order valence-corrected chi connectivity index (χ1v) is 8.03. The van der Waals surface area contributed by atoms with Crippen molar-refractivity contribution in [1.29, 1.82) is 0 Å². The van der Waals surface area contributed by atoms with E-state index in [1.807, 2.05) is 24.3 Å². The van der Waals surface area contributed by atoms with Crippen molar-refractivity contribution in [3.63, 3.8) is 0 Å². The third-order valence-electron chi connectivity index (χ3n) is 3.66. The number of aliphatic hydroxyl groups is 1. The van der Waals surface area contributed by atoms with Crippen molar-refractivity contribution in [2.24, 2.45) is 0 Å². The lowest BCUT2D eigenvalue weighted by Crippen LogP contribution is -2.34. The first-order valence-electron chi connectivity index (χ1n) is 6.58. The number of amides is 1. The average Bonchev–Trinajstić information content (AvgIpc) is 2.78. The van der Waals surface area contributed by atoms with Gasteiger partial charge >= 0.3 is 0 Å². The minimum absolute atomic E-state index is 0.220. The van der Waals surface area contributed by atoms with E-state index in [-0.39, 0.29) is 11.9 Å². The van der Waals surface area contributed by atoms with E-state index in [0.29, 0.717) is 17.0 Å². The number of fused-ring (bicyclic) bond motifs is 1. The highest BCUT2D eigenvalue weighted by molar-refractivity contribution is 14.1. The Morgan fingerprint density at radius 1 is 1.29 bits per heavy atom. The van der Waals surface area contributed by atoms with Gasteiger partial charge in [0.25, 0.3) is 5.91 Å². The summed E-state index contributed by atoms with van der Waals surface area (Å²) in [5, 5.41) is 13.6. The molecule has 0 bridgehead atoms. The summed E-state index contributed by atoms with van der Waals surface area (Å²) in [4.78, 5) is 12.4. The summed E-state index contributed by atoms with van der Waals surface area (Å²) in [6.45, 7) is 0. The molecule has 1 amide bonds. The SMILES string of the molecule is O=C(N[C@H]1c2ccccc2C[C@H]1O)c1cc(Cl)ccc1I. The molecule has 0 aromatic heterocycles. The molecule has 2 N–H and O–H groups in total. The molecule has 108 valence electrons. The number of aliphatic hydroxyl groups excluding tert-OH is 1. The van der Waals surface area contributed by atoms with E-state index in [2.05, 4.69) is 27.9 Å². The van der Waals surface area contributed by atoms with Crippen LogP contribution >= 0.6 is 34.2 Å². The lowest BCUT2D eigenvalue weighted by Gasteiger charge is -2.18. The molecule has 2 atom stereocenters. The molecule has 0 heterocycles. The Labute approximate surface area is 141 Å². The summed E-state index contributed by atoms with van der Waals surface area (Å²) < 4.78 is 0.829. The van der Waals surface area contributed by atoms with Crippen molar-refractivity contribution >= 4 is 40.1 Å². The van der Waals surface area contributed by atoms with Gasteiger partial charge in [-0.2, -0.15) is 0 Å². The Bertz CT molecular complexity index is 704. The van der Waals surface area contributed by atoms with Gasteiger partial charge in [-0.15, -0.1) is 0 Å². The predicted octanol–water partition coefficient (Wildman–Crippen LogP) is 3.33. The van der Waals surface area contributed by atoms with Crippen LogP contribution in [-0.4, -0.2) is 17.1 Å². The summed E-state index contributed by atoms with van der Waals surface area (Å²) in [6, 6.07) is 12.6. The predicted molar refractivity (Wildman–Crippen MR) is 90.5 cm³/mol. The third kappa shape index (κ3) is 2.93. The minimum atomic E-state index is -0.594. The molecule has 0 fully saturated rings. The van der Waals surface area contributed by atoms with Gasteiger partial charge in [0.2, 0.25) is 0 Å². The second-order valence-corrected chi connectivity index (χ2v) is 6.64. The van der Waals surface area contributed by atoms with E-state index < -0.39 is 6.10 Å². The highest BCUT2D eigenvalue weighted by Crippen LogP contribution is 2.31. The molecule has 0 unspecified atom stereocenters. The highest BCUT2D eigenvalue weighted by Gasteiger charge is 2.32. The van der Waals surface area contributed by atoms with E-state index in [0.717, 1.165) is 14.7 Å². The van der Waals surface area contributed by atoms with Crippen molar-refractivity contribution < 1.29 is 9.90 Å². The first-order chi connectivity index (χ1) is 10.1. The van der Waals surface area contributed by atoms with Crippen LogP contribution < -0.4 is 5.32 Å². The van der Waals surface area contributed by atoms with Crippen LogP contribution in [0.1, 0.15) is 27.5 Å². The maximum Gasteiger partial charge on any atom is 0.252 e. The van der Waals surface area contributed by atoms with Crippen molar-refractivity contribution in [1.82, 2.24) is 5.32 Å². The summed E-state index contributed by atoms with van der Waals surface area (Å²) in [6.07, 6.45) is -0.0310. The Kier molecular flexibility index (Phi) is 4.19. The molecule has 5 heteroatoms. The maximum atomic E-state index is 12.4. The molecular weight excluding hydrogens is 401 g/mol. The number of carbonyl (C=O) groups excluding carboxylic acids is 1. The lowest BCUT2D eigenvalue weighted by atomic mass is 10.1. The van der Waals surface area contributed by atoms with Crippen LogP contribution in [0.25, 0.3) is 0 Å². The molecule has 2 aromatic carbocycles. The van der Waals surface area contributed by atoms with E-state index in [4.69, 9.17) is 11.6 Å². The summed E-state index contributed by atoms with van der Waals surface area (Å²) in [5.41, 5.74) is 2.59. The van der Waals surface area contributed by atoms with Crippen LogP contribution in [-0.2, 0) is 6.42 Å². The van der Waals surface area contributed by atoms with Gasteiger partial charge in [-0.3, -0.25) is 4.79 Å². The zero-order chi connectivity index (χ0) is 15.0. The smallest absolute Gasteiger partial charge is 0.252 e. The molecule has 3 rings (SSSR count). The van der Waals surface area contributed by atoms with Crippen LogP contribution in [0.15, 0.2) is 42.5 Å². The quantitative estimate of drug-likeness (QED) is 0.742. The van der Waals surface area contributed by atoms with Gasteiger partial charge in [0.05, 0.1) is 17.7 Å². The van der Waals surface area contributed by atoms with Gasteiger partial charge in [-0.05, 0) is 51.9 Å². The van der Waals surface area contributed by atoms with E-state index in [1.165, 1.54) is 0 Å². The van der Waals surface area contributed by atoms with Crippen molar-refractivity contribution in [2.45, 2.75) is 18.6 Å². The van der Waals surface area contributed by atoms with E-state index >= 15 is 0 Å². The van der Waals surface area contributed by atoms with Gasteiger partial charge in [0.15, 0.2) is 0 Å². The van der Waals surface area contributed by atoms with Crippen molar-refractivity contribution in [3.05, 3.63) is 67.7 Å². The molecule has 0 spiro atoms. The first kappa shape index (κ1) is 14.8. The fraction of sp³-hybridized carbons (Fsp3) is 0.188. The Morgan fingerprint density at radius 3 is 2.86 bits per heavy atom. The van der Waals surface area contributed by atoms with Crippen molar-refractivity contribution in [2.75, 3.05) is 0 Å². The van der Waals surface area contributed by atoms with Crippen LogP contribution in [0.3, 0.4) is 0 Å². The fourth-order valence-electron chi connectivity index (χ4n) is 2.64. The Balaban J connectivity index is 1.87. The molecule has 0 saturated carbocycles. The molecule has 0 aliphatic heterocycles. The highest BCUT2D eigenvalue weighted by atomic mass is 127. The number of carbonyl (C=O) groups is 1. The fourth-order valence-corrected chi connectivity index (χ4v) is 3.39. The molecule has 1 aliphatic rings. The van der Waals surface area contributed by atoms with Gasteiger partial charge in [0.1, 0.15) is 0 Å². The Morgan fingerprint density at radius 2 is 2.05 bits per heavy atom. The number of hydrogen-bond acceptors (Lipinski definition) is 2. The Hall–Kier alpha value is -1.11. The monoisotopic (exact) mass is 413 g/mol. The summed E-state index contributed by atoms with van der Waals surface area (Å²) in [7, 11) is 0. The summed E-state index contributed by atoms with van der Waals surface area (Å²) >= 11 is 8.06. The van der Waals surface area contributed by atoms with Crippen LogP contribution in [0.2, 0.25) is 5.02 Å². The number of nitrogens with one attached hydrogen (secondary N) is 1. The van der Waals surface area contributed by atoms with Crippen molar-refractivity contribution in [3.8, 4) is 0 Å². The standard InChI is InChI=1S/C16H13ClINO2/c17-10-5-6-13(18)12(8-10)16(21)19-15-11-4-2-1-3-9(11)7-14(15)20/h1-6,8,14-15,20H,7H2,(H,19,21)/t14-,15+/m1/s1. The molecule has 0 radical (unpaired) electrons. The van der Waals surface area contributed by atoms with Crippen LogP contribution in [0, 0.1) is 3.57 Å². The maximum absolute atomic E-state index is 12.4. The molecular formula is C16H13ClINO2. The molecule has 1 aliphatic carbocycles. The second-order valence-electron chi connectivity index (χ2n) is 5.05. The number of hydrogen-bond donors (Lipinski definition) is 2. The molecule has 21 heavy (non-hydrogen) atoms. The normalized spacial score (nSPS) is 20.1. The number of rotatable bonds is 2. The topological polar surface area (TPSA) is 49.3 Å². The number of halogens is 2. The molecule has 0 saturated heterocycles. The zero-order valence-electron chi connectivity index (χ0n) is 11.0. The average molecular weight is 414 g/mol. The second kappa shape index (κ2) is 5.94.